The van der Waals surface area contributed by atoms with Gasteiger partial charge in [0, 0.05) is 6.42 Å². The molecule has 0 aromatic heterocycles. The summed E-state index contributed by atoms with van der Waals surface area (Å²) < 4.78 is 0. The predicted octanol–water partition coefficient (Wildman–Crippen LogP) is 5.15. The van der Waals surface area contributed by atoms with Crippen molar-refractivity contribution in [1.29, 1.82) is 0 Å². The van der Waals surface area contributed by atoms with Crippen LogP contribution >= 0.6 is 0 Å². The molecular formula is C21H18O4. The third kappa shape index (κ3) is 3.11. The molecule has 0 amide bonds. The smallest absolute Gasteiger partial charge is 0.336 e. The number of hydrogen-bond acceptors (Lipinski definition) is 2. The molecule has 4 heteroatoms. The van der Waals surface area contributed by atoms with Crippen LogP contribution in [0.3, 0.4) is 0 Å². The largest absolute Gasteiger partial charge is 0.481 e. The summed E-state index contributed by atoms with van der Waals surface area (Å²) in [4.78, 5) is 21.1. The molecule has 2 N–H and O–H groups in total. The van der Waals surface area contributed by atoms with Gasteiger partial charge in [-0.2, -0.15) is 0 Å². The molecule has 4 aromatic rings. The maximum Gasteiger partial charge on any atom is 0.336 e. The third-order valence-corrected chi connectivity index (χ3v) is 4.20. The van der Waals surface area contributed by atoms with Gasteiger partial charge in [-0.1, -0.05) is 55.5 Å². The van der Waals surface area contributed by atoms with E-state index in [-0.39, 0.29) is 0 Å². The van der Waals surface area contributed by atoms with Crippen LogP contribution in [0.25, 0.3) is 32.3 Å². The second-order valence-electron chi connectivity index (χ2n) is 5.92. The molecule has 0 spiro atoms. The topological polar surface area (TPSA) is 74.6 Å². The number of carboxylic acids is 2. The van der Waals surface area contributed by atoms with Crippen LogP contribution in [0.2, 0.25) is 0 Å². The predicted molar refractivity (Wildman–Crippen MR) is 99.6 cm³/mol. The lowest BCUT2D eigenvalue weighted by atomic mass is 9.91. The van der Waals surface area contributed by atoms with E-state index in [0.29, 0.717) is 12.0 Å². The standard InChI is InChI=1S/C17H10O2.C4H8O2/c18-17(19)14-9-12-5-1-3-10-7-8-11-4-2-6-13(14)16(11)15(10)12;1-2-3-4(5)6/h1-9H,(H,18,19);2-3H2,1H3,(H,5,6). The molecule has 0 fully saturated rings. The highest BCUT2D eigenvalue weighted by Gasteiger charge is 2.14. The van der Waals surface area contributed by atoms with Gasteiger partial charge in [-0.05, 0) is 44.8 Å². The van der Waals surface area contributed by atoms with Gasteiger partial charge < -0.3 is 10.2 Å². The molecule has 4 rings (SSSR count). The minimum atomic E-state index is -0.876. The Morgan fingerprint density at radius 1 is 0.840 bits per heavy atom. The first-order valence-electron chi connectivity index (χ1n) is 8.14. The van der Waals surface area contributed by atoms with Crippen LogP contribution in [0, 0.1) is 0 Å². The van der Waals surface area contributed by atoms with Crippen molar-refractivity contribution in [1.82, 2.24) is 0 Å². The maximum absolute atomic E-state index is 11.5. The van der Waals surface area contributed by atoms with Crippen molar-refractivity contribution in [2.75, 3.05) is 0 Å². The van der Waals surface area contributed by atoms with E-state index in [2.05, 4.69) is 18.2 Å². The first-order valence-corrected chi connectivity index (χ1v) is 8.14. The summed E-state index contributed by atoms with van der Waals surface area (Å²) in [6.45, 7) is 1.84. The van der Waals surface area contributed by atoms with E-state index in [0.717, 1.165) is 38.7 Å². The monoisotopic (exact) mass is 334 g/mol. The van der Waals surface area contributed by atoms with E-state index in [1.807, 2.05) is 37.3 Å². The summed E-state index contributed by atoms with van der Waals surface area (Å²) in [5.41, 5.74) is 0.372. The average Bonchev–Trinajstić information content (AvgIpc) is 2.59. The number of aliphatic carboxylic acids is 1. The molecule has 25 heavy (non-hydrogen) atoms. The Kier molecular flexibility index (Phi) is 4.52. The van der Waals surface area contributed by atoms with Crippen molar-refractivity contribution < 1.29 is 19.8 Å². The quantitative estimate of drug-likeness (QED) is 0.508. The molecule has 0 radical (unpaired) electrons. The number of hydrogen-bond donors (Lipinski definition) is 2. The van der Waals surface area contributed by atoms with Crippen molar-refractivity contribution >= 4 is 44.3 Å². The lowest BCUT2D eigenvalue weighted by Crippen LogP contribution is -1.98. The summed E-state index contributed by atoms with van der Waals surface area (Å²) in [5.74, 6) is -1.59. The first-order chi connectivity index (χ1) is 12.0. The van der Waals surface area contributed by atoms with E-state index < -0.39 is 11.9 Å². The molecule has 0 aliphatic rings. The lowest BCUT2D eigenvalue weighted by molar-refractivity contribution is -0.137. The second-order valence-corrected chi connectivity index (χ2v) is 5.92. The molecule has 0 aliphatic heterocycles. The van der Waals surface area contributed by atoms with Crippen LogP contribution in [-0.2, 0) is 4.79 Å². The second kappa shape index (κ2) is 6.77. The fourth-order valence-electron chi connectivity index (χ4n) is 3.15. The van der Waals surface area contributed by atoms with E-state index in [4.69, 9.17) is 5.11 Å². The Bertz CT molecular complexity index is 1070. The van der Waals surface area contributed by atoms with Crippen molar-refractivity contribution in [3.8, 4) is 0 Å². The molecule has 126 valence electrons. The van der Waals surface area contributed by atoms with E-state index in [1.165, 1.54) is 0 Å². The van der Waals surface area contributed by atoms with Gasteiger partial charge in [-0.3, -0.25) is 4.79 Å². The fraction of sp³-hybridized carbons (Fsp3) is 0.143. The molecule has 0 atom stereocenters. The zero-order valence-corrected chi connectivity index (χ0v) is 13.8. The summed E-state index contributed by atoms with van der Waals surface area (Å²) >= 11 is 0. The summed E-state index contributed by atoms with van der Waals surface area (Å²) in [6, 6.07) is 17.7. The number of carbonyl (C=O) groups is 2. The minimum Gasteiger partial charge on any atom is -0.481 e. The molecular weight excluding hydrogens is 316 g/mol. The van der Waals surface area contributed by atoms with Gasteiger partial charge in [0.25, 0.3) is 0 Å². The Morgan fingerprint density at radius 3 is 2.00 bits per heavy atom. The number of carboxylic acid groups (broad SMARTS) is 2. The van der Waals surface area contributed by atoms with Crippen LogP contribution in [0.4, 0.5) is 0 Å². The Morgan fingerprint density at radius 2 is 1.44 bits per heavy atom. The SMILES string of the molecule is CCCC(=O)O.O=C(O)c1cc2cccc3ccc4cccc1c4c32. The fourth-order valence-corrected chi connectivity index (χ4v) is 3.15. The molecule has 0 saturated carbocycles. The van der Waals surface area contributed by atoms with Gasteiger partial charge in [0.15, 0.2) is 0 Å². The van der Waals surface area contributed by atoms with Crippen LogP contribution in [0.1, 0.15) is 30.1 Å². The van der Waals surface area contributed by atoms with Crippen molar-refractivity contribution in [2.45, 2.75) is 19.8 Å². The van der Waals surface area contributed by atoms with Crippen molar-refractivity contribution in [2.24, 2.45) is 0 Å². The van der Waals surface area contributed by atoms with Crippen molar-refractivity contribution in [3.63, 3.8) is 0 Å². The van der Waals surface area contributed by atoms with Crippen LogP contribution < -0.4 is 0 Å². The summed E-state index contributed by atoms with van der Waals surface area (Å²) in [7, 11) is 0. The van der Waals surface area contributed by atoms with Gasteiger partial charge in [-0.25, -0.2) is 4.79 Å². The number of aromatic carboxylic acids is 1. The number of rotatable bonds is 3. The molecule has 4 nitrogen and oxygen atoms in total. The van der Waals surface area contributed by atoms with Crippen molar-refractivity contribution in [3.05, 3.63) is 60.2 Å². The van der Waals surface area contributed by atoms with E-state index >= 15 is 0 Å². The summed E-state index contributed by atoms with van der Waals surface area (Å²) in [5, 5.41) is 23.6. The van der Waals surface area contributed by atoms with Gasteiger partial charge in [0.05, 0.1) is 5.56 Å². The molecule has 4 aromatic carbocycles. The van der Waals surface area contributed by atoms with E-state index in [1.54, 1.807) is 6.07 Å². The average molecular weight is 334 g/mol. The molecule has 0 bridgehead atoms. The van der Waals surface area contributed by atoms with Crippen LogP contribution in [-0.4, -0.2) is 22.2 Å². The third-order valence-electron chi connectivity index (χ3n) is 4.20. The van der Waals surface area contributed by atoms with Gasteiger partial charge in [0.1, 0.15) is 0 Å². The zero-order chi connectivity index (χ0) is 18.0. The Labute approximate surface area is 144 Å². The Balaban J connectivity index is 0.000000265. The van der Waals surface area contributed by atoms with Gasteiger partial charge in [-0.15, -0.1) is 0 Å². The summed E-state index contributed by atoms with van der Waals surface area (Å²) in [6.07, 6.45) is 1.02. The van der Waals surface area contributed by atoms with Gasteiger partial charge in [0.2, 0.25) is 0 Å². The zero-order valence-electron chi connectivity index (χ0n) is 13.8. The Hall–Kier alpha value is -3.14. The minimum absolute atomic E-state index is 0.292. The molecule has 0 heterocycles. The highest BCUT2D eigenvalue weighted by molar-refractivity contribution is 6.26. The van der Waals surface area contributed by atoms with Crippen LogP contribution in [0.15, 0.2) is 54.6 Å². The normalized spacial score (nSPS) is 10.8. The molecule has 0 aliphatic carbocycles. The lowest BCUT2D eigenvalue weighted by Gasteiger charge is -2.12. The van der Waals surface area contributed by atoms with E-state index in [9.17, 15) is 14.7 Å². The molecule has 0 saturated heterocycles. The highest BCUT2D eigenvalue weighted by Crippen LogP contribution is 2.36. The number of benzene rings is 4. The van der Waals surface area contributed by atoms with Crippen LogP contribution in [0.5, 0.6) is 0 Å². The molecule has 0 unspecified atom stereocenters. The maximum atomic E-state index is 11.5. The first kappa shape index (κ1) is 16.7. The highest BCUT2D eigenvalue weighted by atomic mass is 16.4. The van der Waals surface area contributed by atoms with Gasteiger partial charge >= 0.3 is 11.9 Å².